The Balaban J connectivity index is 1.82. The molecule has 44 heavy (non-hydrogen) atoms. The molecule has 0 aliphatic heterocycles. The number of carbonyl (C=O) groups excluding carboxylic acids is 3. The number of carbonyl (C=O) groups is 3. The molecule has 0 saturated heterocycles. The zero-order valence-corrected chi connectivity index (χ0v) is 26.0. The molecule has 0 spiro atoms. The second-order valence-corrected chi connectivity index (χ2v) is 11.1. The summed E-state index contributed by atoms with van der Waals surface area (Å²) in [6.45, 7) is 2.71. The van der Waals surface area contributed by atoms with E-state index in [2.05, 4.69) is 4.76 Å². The summed E-state index contributed by atoms with van der Waals surface area (Å²) >= 11 is 0. The predicted molar refractivity (Wildman–Crippen MR) is 159 cm³/mol. The fraction of sp³-hybridized carbons (Fsp3) is 0.448. The molecule has 0 aliphatic rings. The Hall–Kier alpha value is -4.13. The van der Waals surface area contributed by atoms with Crippen molar-refractivity contribution < 1.29 is 51.7 Å². The van der Waals surface area contributed by atoms with Gasteiger partial charge in [-0.1, -0.05) is 60.7 Å². The van der Waals surface area contributed by atoms with Crippen molar-refractivity contribution >= 4 is 32.0 Å². The molecule has 0 atom stereocenters. The van der Waals surface area contributed by atoms with Crippen LogP contribution in [0.15, 0.2) is 65.4 Å². The first-order chi connectivity index (χ1) is 21.1. The van der Waals surface area contributed by atoms with Gasteiger partial charge in [-0.05, 0) is 25.0 Å². The third kappa shape index (κ3) is 15.9. The summed E-state index contributed by atoms with van der Waals surface area (Å²) < 4.78 is 53.2. The maximum absolute atomic E-state index is 13.4. The highest BCUT2D eigenvalue weighted by Gasteiger charge is 2.26. The van der Waals surface area contributed by atoms with Gasteiger partial charge in [-0.3, -0.25) is 13.8 Å². The molecule has 0 radical (unpaired) electrons. The SMILES string of the molecule is CC(C)OC(=O)CN(C)/C(N)=N/P(=O)(OCCCOC(=O)OCc1ccccc1)OCCCOC(=O)OCc1ccccc1. The van der Waals surface area contributed by atoms with Crippen LogP contribution < -0.4 is 5.73 Å². The Morgan fingerprint density at radius 2 is 1.23 bits per heavy atom. The molecule has 0 bridgehead atoms. The summed E-state index contributed by atoms with van der Waals surface area (Å²) in [5.41, 5.74) is 7.56. The van der Waals surface area contributed by atoms with Gasteiger partial charge < -0.3 is 34.3 Å². The van der Waals surface area contributed by atoms with E-state index in [4.69, 9.17) is 38.5 Å². The maximum Gasteiger partial charge on any atom is 0.508 e. The van der Waals surface area contributed by atoms with Crippen LogP contribution in [0.25, 0.3) is 0 Å². The molecular formula is C29H40N3O11P. The van der Waals surface area contributed by atoms with E-state index >= 15 is 0 Å². The van der Waals surface area contributed by atoms with Crippen LogP contribution in [0.4, 0.5) is 9.59 Å². The third-order valence-electron chi connectivity index (χ3n) is 5.27. The molecule has 0 heterocycles. The molecular weight excluding hydrogens is 597 g/mol. The normalized spacial score (nSPS) is 11.5. The van der Waals surface area contributed by atoms with Crippen LogP contribution in [0.5, 0.6) is 0 Å². The number of nitrogens with zero attached hydrogens (tertiary/aromatic N) is 2. The molecule has 2 aromatic rings. The molecule has 2 aromatic carbocycles. The molecule has 15 heteroatoms. The lowest BCUT2D eigenvalue weighted by Gasteiger charge is -2.20. The van der Waals surface area contributed by atoms with Crippen molar-refractivity contribution in [2.24, 2.45) is 10.5 Å². The van der Waals surface area contributed by atoms with E-state index in [0.717, 1.165) is 11.1 Å². The number of hydrogen-bond donors (Lipinski definition) is 1. The van der Waals surface area contributed by atoms with Crippen molar-refractivity contribution in [1.29, 1.82) is 0 Å². The van der Waals surface area contributed by atoms with Crippen molar-refractivity contribution in [2.75, 3.05) is 40.0 Å². The minimum atomic E-state index is -4.21. The first-order valence-electron chi connectivity index (χ1n) is 13.9. The van der Waals surface area contributed by atoms with E-state index in [1.807, 2.05) is 36.4 Å². The Morgan fingerprint density at radius 1 is 0.773 bits per heavy atom. The second-order valence-electron chi connectivity index (χ2n) is 9.44. The number of benzene rings is 2. The lowest BCUT2D eigenvalue weighted by Crippen LogP contribution is -2.38. The highest BCUT2D eigenvalue weighted by atomic mass is 31.2. The zero-order chi connectivity index (χ0) is 32.2. The first kappa shape index (κ1) is 36.1. The monoisotopic (exact) mass is 637 g/mol. The molecule has 14 nitrogen and oxygen atoms in total. The predicted octanol–water partition coefficient (Wildman–Crippen LogP) is 4.81. The van der Waals surface area contributed by atoms with Gasteiger partial charge in [-0.2, -0.15) is 0 Å². The molecule has 0 aromatic heterocycles. The van der Waals surface area contributed by atoms with Gasteiger partial charge >= 0.3 is 26.0 Å². The van der Waals surface area contributed by atoms with E-state index in [9.17, 15) is 18.9 Å². The van der Waals surface area contributed by atoms with Crippen molar-refractivity contribution in [1.82, 2.24) is 4.90 Å². The van der Waals surface area contributed by atoms with Gasteiger partial charge in [0.15, 0.2) is 0 Å². The molecule has 2 rings (SSSR count). The van der Waals surface area contributed by atoms with E-state index in [1.54, 1.807) is 38.1 Å². The number of hydrogen-bond acceptors (Lipinski definition) is 11. The molecule has 242 valence electrons. The van der Waals surface area contributed by atoms with Crippen molar-refractivity contribution in [2.45, 2.75) is 46.0 Å². The van der Waals surface area contributed by atoms with Crippen LogP contribution in [-0.4, -0.2) is 75.3 Å². The summed E-state index contributed by atoms with van der Waals surface area (Å²) in [6, 6.07) is 18.2. The van der Waals surface area contributed by atoms with Crippen molar-refractivity contribution in [3.8, 4) is 0 Å². The second kappa shape index (κ2) is 19.9. The number of guanidine groups is 1. The van der Waals surface area contributed by atoms with Crippen LogP contribution in [-0.2, 0) is 55.3 Å². The number of nitrogens with two attached hydrogens (primary N) is 1. The lowest BCUT2D eigenvalue weighted by molar-refractivity contribution is -0.147. The smallest absolute Gasteiger partial charge is 0.462 e. The highest BCUT2D eigenvalue weighted by Crippen LogP contribution is 2.50. The zero-order valence-electron chi connectivity index (χ0n) is 25.1. The van der Waals surface area contributed by atoms with Gasteiger partial charge in [-0.15, -0.1) is 4.76 Å². The summed E-state index contributed by atoms with van der Waals surface area (Å²) in [4.78, 5) is 36.9. The summed E-state index contributed by atoms with van der Waals surface area (Å²) in [5, 5.41) is 0. The van der Waals surface area contributed by atoms with Gasteiger partial charge in [0.2, 0.25) is 5.96 Å². The van der Waals surface area contributed by atoms with E-state index in [1.165, 1.54) is 11.9 Å². The molecule has 0 saturated carbocycles. The Labute approximate surface area is 256 Å². The Morgan fingerprint density at radius 3 is 1.66 bits per heavy atom. The van der Waals surface area contributed by atoms with E-state index < -0.39 is 26.0 Å². The van der Waals surface area contributed by atoms with Gasteiger partial charge in [0.25, 0.3) is 0 Å². The number of likely N-dealkylation sites (N-methyl/N-ethyl adjacent to an activating group) is 1. The lowest BCUT2D eigenvalue weighted by atomic mass is 10.2. The molecule has 0 amide bonds. The van der Waals surface area contributed by atoms with Crippen LogP contribution in [0.1, 0.15) is 37.8 Å². The fourth-order valence-electron chi connectivity index (χ4n) is 3.18. The molecule has 0 fully saturated rings. The van der Waals surface area contributed by atoms with Crippen LogP contribution >= 0.6 is 7.75 Å². The Bertz CT molecular complexity index is 1160. The fourth-order valence-corrected chi connectivity index (χ4v) is 4.49. The number of esters is 1. The largest absolute Gasteiger partial charge is 0.508 e. The summed E-state index contributed by atoms with van der Waals surface area (Å²) in [5.74, 6) is -0.861. The standard InChI is InChI=1S/C29H40N3O11P/c1-23(2)43-26(33)20-32(3)27(30)31-44(36,41-18-10-16-37-28(34)39-21-24-12-6-4-7-13-24)42-19-11-17-38-29(35)40-22-25-14-8-5-9-15-25/h4-9,12-15,23H,10-11,16-22H2,1-3H3,(H2,30,31,36). The average Bonchev–Trinajstić information content (AvgIpc) is 2.99. The van der Waals surface area contributed by atoms with E-state index in [-0.39, 0.29) is 71.1 Å². The Kier molecular flexibility index (Phi) is 16.3. The minimum absolute atomic E-state index is 0.0555. The van der Waals surface area contributed by atoms with Gasteiger partial charge in [0, 0.05) is 19.9 Å². The molecule has 2 N–H and O–H groups in total. The number of rotatable bonds is 18. The van der Waals surface area contributed by atoms with Crippen LogP contribution in [0.3, 0.4) is 0 Å². The topological polar surface area (TPSA) is 175 Å². The van der Waals surface area contributed by atoms with Crippen LogP contribution in [0, 0.1) is 0 Å². The quantitative estimate of drug-likeness (QED) is 0.0589. The maximum atomic E-state index is 13.4. The van der Waals surface area contributed by atoms with Crippen molar-refractivity contribution in [3.05, 3.63) is 71.8 Å². The van der Waals surface area contributed by atoms with E-state index in [0.29, 0.717) is 0 Å². The van der Waals surface area contributed by atoms with Crippen LogP contribution in [0.2, 0.25) is 0 Å². The molecule has 0 aliphatic carbocycles. The van der Waals surface area contributed by atoms with Gasteiger partial charge in [-0.25, -0.2) is 14.2 Å². The first-order valence-corrected chi connectivity index (χ1v) is 15.4. The third-order valence-corrected chi connectivity index (χ3v) is 6.74. The minimum Gasteiger partial charge on any atom is -0.462 e. The highest BCUT2D eigenvalue weighted by molar-refractivity contribution is 7.52. The van der Waals surface area contributed by atoms with Gasteiger partial charge in [0.05, 0.1) is 32.5 Å². The van der Waals surface area contributed by atoms with Gasteiger partial charge in [0.1, 0.15) is 19.8 Å². The summed E-state index contributed by atoms with van der Waals surface area (Å²) in [7, 11) is -2.76. The van der Waals surface area contributed by atoms with Crippen molar-refractivity contribution in [3.63, 3.8) is 0 Å². The average molecular weight is 638 g/mol. The molecule has 0 unspecified atom stereocenters. The summed E-state index contributed by atoms with van der Waals surface area (Å²) in [6.07, 6.45) is -1.80. The number of ether oxygens (including phenoxy) is 5.